The van der Waals surface area contributed by atoms with Crippen molar-refractivity contribution in [3.63, 3.8) is 0 Å². The molecule has 0 fully saturated rings. The normalized spacial score (nSPS) is 11.0. The molecule has 0 atom stereocenters. The van der Waals surface area contributed by atoms with E-state index >= 15 is 0 Å². The number of carbonyl (C=O) groups is 2. The molecular formula is C18H18N2O7. The van der Waals surface area contributed by atoms with Gasteiger partial charge in [-0.1, -0.05) is 0 Å². The molecule has 2 aromatic rings. The van der Waals surface area contributed by atoms with Gasteiger partial charge in [0.1, 0.15) is 18.1 Å². The Hall–Kier alpha value is -3.62. The molecule has 0 aliphatic heterocycles. The topological polar surface area (TPSA) is 121 Å². The summed E-state index contributed by atoms with van der Waals surface area (Å²) in [5, 5.41) is 13.1. The van der Waals surface area contributed by atoms with Crippen molar-refractivity contribution >= 4 is 17.6 Å². The third-order valence-corrected chi connectivity index (χ3v) is 3.25. The number of benzene rings is 1. The number of carbonyl (C=O) groups excluding carboxylic acids is 2. The zero-order valence-electron chi connectivity index (χ0n) is 14.8. The Morgan fingerprint density at radius 3 is 2.56 bits per heavy atom. The molecule has 1 aromatic carbocycles. The van der Waals surface area contributed by atoms with Gasteiger partial charge >= 0.3 is 5.97 Å². The van der Waals surface area contributed by atoms with Crippen LogP contribution in [0.5, 0.6) is 5.75 Å². The second-order valence-electron chi connectivity index (χ2n) is 5.34. The van der Waals surface area contributed by atoms with Crippen LogP contribution in [0.25, 0.3) is 0 Å². The summed E-state index contributed by atoms with van der Waals surface area (Å²) >= 11 is 0. The number of furan rings is 1. The van der Waals surface area contributed by atoms with Crippen molar-refractivity contribution in [2.75, 3.05) is 6.61 Å². The van der Waals surface area contributed by atoms with Gasteiger partial charge in [-0.15, -0.1) is 0 Å². The van der Waals surface area contributed by atoms with E-state index in [1.165, 1.54) is 36.4 Å². The number of hydrogen-bond acceptors (Lipinski definition) is 7. The Morgan fingerprint density at radius 2 is 1.93 bits per heavy atom. The molecule has 9 heteroatoms. The molecule has 27 heavy (non-hydrogen) atoms. The number of amides is 1. The Balaban J connectivity index is 1.90. The number of nitro benzene ring substituents is 1. The van der Waals surface area contributed by atoms with Gasteiger partial charge in [0.15, 0.2) is 5.76 Å². The van der Waals surface area contributed by atoms with Crippen molar-refractivity contribution in [3.05, 3.63) is 69.8 Å². The van der Waals surface area contributed by atoms with E-state index in [1.807, 2.05) is 0 Å². The van der Waals surface area contributed by atoms with Gasteiger partial charge in [0, 0.05) is 23.9 Å². The molecule has 0 bridgehead atoms. The first-order valence-corrected chi connectivity index (χ1v) is 8.01. The lowest BCUT2D eigenvalue weighted by molar-refractivity contribution is -0.384. The average Bonchev–Trinajstić information content (AvgIpc) is 3.09. The first-order chi connectivity index (χ1) is 12.9. The van der Waals surface area contributed by atoms with E-state index in [9.17, 15) is 19.7 Å². The average molecular weight is 374 g/mol. The van der Waals surface area contributed by atoms with E-state index in [-0.39, 0.29) is 24.7 Å². The highest BCUT2D eigenvalue weighted by Gasteiger charge is 2.13. The monoisotopic (exact) mass is 374 g/mol. The van der Waals surface area contributed by atoms with Crippen LogP contribution in [-0.4, -0.2) is 23.4 Å². The highest BCUT2D eigenvalue weighted by Crippen LogP contribution is 2.19. The summed E-state index contributed by atoms with van der Waals surface area (Å²) in [7, 11) is 0. The number of nitrogens with one attached hydrogen (secondary N) is 1. The van der Waals surface area contributed by atoms with Crippen LogP contribution in [0.15, 0.2) is 52.6 Å². The molecule has 2 rings (SSSR count). The van der Waals surface area contributed by atoms with Crippen LogP contribution in [0.4, 0.5) is 5.69 Å². The molecule has 1 amide bonds. The molecule has 1 aromatic heterocycles. The van der Waals surface area contributed by atoms with Crippen LogP contribution in [0.3, 0.4) is 0 Å². The van der Waals surface area contributed by atoms with Crippen LogP contribution >= 0.6 is 0 Å². The number of esters is 1. The maximum Gasteiger partial charge on any atom is 0.332 e. The minimum Gasteiger partial charge on any atom is -0.486 e. The summed E-state index contributed by atoms with van der Waals surface area (Å²) in [6, 6.07) is 8.65. The zero-order chi connectivity index (χ0) is 19.8. The zero-order valence-corrected chi connectivity index (χ0v) is 14.8. The second-order valence-corrected chi connectivity index (χ2v) is 5.34. The molecule has 1 heterocycles. The minimum atomic E-state index is -0.549. The number of nitrogens with zero attached hydrogens (tertiary/aromatic N) is 1. The molecule has 0 spiro atoms. The fourth-order valence-corrected chi connectivity index (χ4v) is 2.03. The van der Waals surface area contributed by atoms with Crippen molar-refractivity contribution in [3.8, 4) is 5.75 Å². The van der Waals surface area contributed by atoms with Crippen molar-refractivity contribution in [2.45, 2.75) is 20.5 Å². The maximum atomic E-state index is 12.1. The predicted molar refractivity (Wildman–Crippen MR) is 94.0 cm³/mol. The van der Waals surface area contributed by atoms with Gasteiger partial charge in [0.25, 0.3) is 11.6 Å². The largest absolute Gasteiger partial charge is 0.486 e. The summed E-state index contributed by atoms with van der Waals surface area (Å²) < 4.78 is 15.6. The molecule has 1 N–H and O–H groups in total. The van der Waals surface area contributed by atoms with Crippen molar-refractivity contribution < 1.29 is 28.4 Å². The van der Waals surface area contributed by atoms with E-state index < -0.39 is 16.8 Å². The van der Waals surface area contributed by atoms with Crippen molar-refractivity contribution in [1.29, 1.82) is 0 Å². The van der Waals surface area contributed by atoms with Gasteiger partial charge in [-0.05, 0) is 38.1 Å². The van der Waals surface area contributed by atoms with Crippen LogP contribution in [0.1, 0.15) is 30.2 Å². The Labute approximate surface area is 154 Å². The third kappa shape index (κ3) is 5.99. The lowest BCUT2D eigenvalue weighted by Crippen LogP contribution is -2.21. The standard InChI is InChI=1S/C18H18N2O7/c1-3-25-17(21)10-12(2)19-18(22)16-9-8-15(27-16)11-26-14-6-4-13(5-7-14)20(23)24/h4-10H,3,11H2,1-2H3,(H,19,22)/b12-10+. The molecule has 0 unspecified atom stereocenters. The van der Waals surface area contributed by atoms with Crippen LogP contribution in [0.2, 0.25) is 0 Å². The molecule has 9 nitrogen and oxygen atoms in total. The molecule has 0 aliphatic rings. The van der Waals surface area contributed by atoms with E-state index in [1.54, 1.807) is 19.9 Å². The van der Waals surface area contributed by atoms with Crippen LogP contribution < -0.4 is 10.1 Å². The van der Waals surface area contributed by atoms with Crippen LogP contribution in [0, 0.1) is 10.1 Å². The predicted octanol–water partition coefficient (Wildman–Crippen LogP) is 2.96. The van der Waals surface area contributed by atoms with Crippen molar-refractivity contribution in [2.24, 2.45) is 0 Å². The molecule has 0 aliphatic carbocycles. The molecule has 0 saturated carbocycles. The highest BCUT2D eigenvalue weighted by atomic mass is 16.6. The summed E-state index contributed by atoms with van der Waals surface area (Å²) in [5.74, 6) is -0.197. The van der Waals surface area contributed by atoms with E-state index in [0.29, 0.717) is 17.2 Å². The number of hydrogen-bond donors (Lipinski definition) is 1. The summed E-state index contributed by atoms with van der Waals surface area (Å²) in [6.07, 6.45) is 1.17. The first-order valence-electron chi connectivity index (χ1n) is 8.01. The number of ether oxygens (including phenoxy) is 2. The van der Waals surface area contributed by atoms with Crippen molar-refractivity contribution in [1.82, 2.24) is 5.32 Å². The van der Waals surface area contributed by atoms with Gasteiger partial charge in [0.2, 0.25) is 0 Å². The lowest BCUT2D eigenvalue weighted by atomic mass is 10.3. The quantitative estimate of drug-likeness (QED) is 0.326. The minimum absolute atomic E-state index is 0.0365. The summed E-state index contributed by atoms with van der Waals surface area (Å²) in [6.45, 7) is 3.52. The molecular weight excluding hydrogens is 356 g/mol. The lowest BCUT2D eigenvalue weighted by Gasteiger charge is -2.04. The first kappa shape index (κ1) is 19.7. The number of non-ortho nitro benzene ring substituents is 1. The number of nitro groups is 1. The smallest absolute Gasteiger partial charge is 0.332 e. The second kappa shape index (κ2) is 9.18. The van der Waals surface area contributed by atoms with Gasteiger partial charge in [-0.25, -0.2) is 4.79 Å². The Kier molecular flexibility index (Phi) is 6.70. The maximum absolute atomic E-state index is 12.1. The van der Waals surface area contributed by atoms with Crippen LogP contribution in [-0.2, 0) is 16.1 Å². The van der Waals surface area contributed by atoms with E-state index in [0.717, 1.165) is 0 Å². The third-order valence-electron chi connectivity index (χ3n) is 3.25. The van der Waals surface area contributed by atoms with E-state index in [4.69, 9.17) is 13.9 Å². The SMILES string of the molecule is CCOC(=O)/C=C(\C)NC(=O)c1ccc(COc2ccc([N+](=O)[O-])cc2)o1. The molecule has 0 radical (unpaired) electrons. The van der Waals surface area contributed by atoms with Gasteiger partial charge in [-0.2, -0.15) is 0 Å². The molecule has 0 saturated heterocycles. The van der Waals surface area contributed by atoms with Gasteiger partial charge in [-0.3, -0.25) is 14.9 Å². The Morgan fingerprint density at radius 1 is 1.22 bits per heavy atom. The highest BCUT2D eigenvalue weighted by molar-refractivity contribution is 5.93. The number of allylic oxidation sites excluding steroid dienone is 1. The molecule has 142 valence electrons. The van der Waals surface area contributed by atoms with Gasteiger partial charge in [0.05, 0.1) is 11.5 Å². The summed E-state index contributed by atoms with van der Waals surface area (Å²) in [4.78, 5) is 33.5. The Bertz CT molecular complexity index is 853. The van der Waals surface area contributed by atoms with E-state index in [2.05, 4.69) is 5.32 Å². The summed E-state index contributed by atoms with van der Waals surface area (Å²) in [5.41, 5.74) is 0.282. The number of rotatable bonds is 8. The van der Waals surface area contributed by atoms with Gasteiger partial charge < -0.3 is 19.2 Å². The fourth-order valence-electron chi connectivity index (χ4n) is 2.03. The fraction of sp³-hybridized carbons (Fsp3) is 0.222.